The molecule has 0 aliphatic heterocycles. The number of nitrogens with one attached hydrogen (secondary N) is 1. The first-order valence-electron chi connectivity index (χ1n) is 8.80. The summed E-state index contributed by atoms with van der Waals surface area (Å²) in [5.41, 5.74) is 2.94. The number of esters is 1. The topological polar surface area (TPSA) is 70.9 Å². The fourth-order valence-corrected chi connectivity index (χ4v) is 2.42. The van der Waals surface area contributed by atoms with E-state index in [1.54, 1.807) is 31.2 Å². The molecule has 8 heteroatoms. The first kappa shape index (κ1) is 22.2. The number of hydrazone groups is 1. The lowest BCUT2D eigenvalue weighted by atomic mass is 9.97. The number of benzene rings is 2. The molecule has 1 unspecified atom stereocenters. The van der Waals surface area contributed by atoms with Gasteiger partial charge in [0.1, 0.15) is 11.8 Å². The lowest BCUT2D eigenvalue weighted by Crippen LogP contribution is -2.21. The van der Waals surface area contributed by atoms with Gasteiger partial charge in [0.05, 0.1) is 17.9 Å². The van der Waals surface area contributed by atoms with E-state index in [0.717, 1.165) is 12.1 Å². The Morgan fingerprint density at radius 3 is 2.34 bits per heavy atom. The maximum Gasteiger partial charge on any atom is 0.416 e. The third-order valence-corrected chi connectivity index (χ3v) is 3.94. The van der Waals surface area contributed by atoms with Crippen molar-refractivity contribution in [2.45, 2.75) is 25.6 Å². The van der Waals surface area contributed by atoms with Crippen LogP contribution < -0.4 is 5.43 Å². The highest BCUT2D eigenvalue weighted by molar-refractivity contribution is 6.37. The van der Waals surface area contributed by atoms with Gasteiger partial charge in [-0.2, -0.15) is 18.3 Å². The smallest absolute Gasteiger partial charge is 0.416 e. The maximum absolute atomic E-state index is 12.7. The summed E-state index contributed by atoms with van der Waals surface area (Å²) >= 11 is 0. The first-order chi connectivity index (χ1) is 13.7. The van der Waals surface area contributed by atoms with Crippen LogP contribution in [0.2, 0.25) is 0 Å². The van der Waals surface area contributed by atoms with Crippen LogP contribution in [0.3, 0.4) is 0 Å². The van der Waals surface area contributed by atoms with Gasteiger partial charge in [0.25, 0.3) is 0 Å². The van der Waals surface area contributed by atoms with Crippen molar-refractivity contribution in [1.82, 2.24) is 0 Å². The molecule has 0 aromatic heterocycles. The average molecular weight is 406 g/mol. The minimum atomic E-state index is -4.46. The summed E-state index contributed by atoms with van der Waals surface area (Å²) in [6.45, 7) is 5.53. The lowest BCUT2D eigenvalue weighted by Gasteiger charge is -2.16. The summed E-state index contributed by atoms with van der Waals surface area (Å²) in [4.78, 5) is 12.2. The van der Waals surface area contributed by atoms with Gasteiger partial charge in [-0.3, -0.25) is 5.43 Å². The summed E-state index contributed by atoms with van der Waals surface area (Å²) in [5, 5.41) is 14.5. The molecule has 0 aliphatic carbocycles. The number of halogens is 3. The molecule has 1 atom stereocenters. The van der Waals surface area contributed by atoms with E-state index in [1.807, 2.05) is 6.07 Å². The van der Waals surface area contributed by atoms with E-state index in [4.69, 9.17) is 4.74 Å². The van der Waals surface area contributed by atoms with Crippen LogP contribution in [0.25, 0.3) is 0 Å². The molecule has 0 heterocycles. The second-order valence-corrected chi connectivity index (χ2v) is 6.11. The quantitative estimate of drug-likeness (QED) is 0.288. The third kappa shape index (κ3) is 6.46. The fraction of sp³-hybridized carbons (Fsp3) is 0.238. The highest BCUT2D eigenvalue weighted by atomic mass is 19.4. The van der Waals surface area contributed by atoms with Crippen molar-refractivity contribution in [3.05, 3.63) is 77.9 Å². The van der Waals surface area contributed by atoms with E-state index in [9.17, 15) is 23.1 Å². The first-order valence-corrected chi connectivity index (χ1v) is 8.80. The number of carbonyl (C=O) groups is 1. The molecule has 5 nitrogen and oxygen atoms in total. The molecule has 2 N–H and O–H groups in total. The predicted molar refractivity (Wildman–Crippen MR) is 104 cm³/mol. The Hall–Kier alpha value is -3.13. The second kappa shape index (κ2) is 9.88. The van der Waals surface area contributed by atoms with Crippen LogP contribution >= 0.6 is 0 Å². The van der Waals surface area contributed by atoms with Crippen LogP contribution in [-0.4, -0.2) is 23.4 Å². The van der Waals surface area contributed by atoms with Crippen molar-refractivity contribution < 1.29 is 27.8 Å². The Morgan fingerprint density at radius 2 is 1.79 bits per heavy atom. The molecule has 29 heavy (non-hydrogen) atoms. The van der Waals surface area contributed by atoms with Gasteiger partial charge in [0.15, 0.2) is 0 Å². The van der Waals surface area contributed by atoms with E-state index in [0.29, 0.717) is 5.69 Å². The number of anilines is 1. The summed E-state index contributed by atoms with van der Waals surface area (Å²) in [7, 11) is 0. The van der Waals surface area contributed by atoms with Gasteiger partial charge in [-0.25, -0.2) is 4.79 Å². The van der Waals surface area contributed by atoms with E-state index in [2.05, 4.69) is 17.1 Å². The SMILES string of the molecule is C=C(C/C(=N\Nc1ccccc1)C(=O)OCC)C(O)c1ccc(C(F)(F)F)cc1. The summed E-state index contributed by atoms with van der Waals surface area (Å²) < 4.78 is 43.0. The van der Waals surface area contributed by atoms with Gasteiger partial charge in [0.2, 0.25) is 0 Å². The van der Waals surface area contributed by atoms with Crippen LogP contribution in [0.1, 0.15) is 30.6 Å². The Balaban J connectivity index is 2.14. The highest BCUT2D eigenvalue weighted by Gasteiger charge is 2.30. The molecule has 0 amide bonds. The molecule has 0 aliphatic rings. The third-order valence-electron chi connectivity index (χ3n) is 3.94. The minimum absolute atomic E-state index is 0.0216. The van der Waals surface area contributed by atoms with Crippen molar-refractivity contribution in [3.63, 3.8) is 0 Å². The number of ether oxygens (including phenoxy) is 1. The Labute approximate surface area is 166 Å². The summed E-state index contributed by atoms with van der Waals surface area (Å²) in [5.74, 6) is -0.684. The number of alkyl halides is 3. The molecular formula is C21H21F3N2O3. The number of aliphatic hydroxyl groups is 1. The van der Waals surface area contributed by atoms with Crippen molar-refractivity contribution >= 4 is 17.4 Å². The van der Waals surface area contributed by atoms with E-state index >= 15 is 0 Å². The van der Waals surface area contributed by atoms with Crippen molar-refractivity contribution in [1.29, 1.82) is 0 Å². The number of hydrogen-bond donors (Lipinski definition) is 2. The van der Waals surface area contributed by atoms with Crippen molar-refractivity contribution in [3.8, 4) is 0 Å². The zero-order chi connectivity index (χ0) is 21.4. The van der Waals surface area contributed by atoms with Crippen LogP contribution in [0.15, 0.2) is 71.9 Å². The average Bonchev–Trinajstić information content (AvgIpc) is 2.70. The second-order valence-electron chi connectivity index (χ2n) is 6.11. The van der Waals surface area contributed by atoms with E-state index in [1.165, 1.54) is 12.1 Å². The van der Waals surface area contributed by atoms with Crippen LogP contribution in [0.5, 0.6) is 0 Å². The largest absolute Gasteiger partial charge is 0.461 e. The Morgan fingerprint density at radius 1 is 1.17 bits per heavy atom. The molecular weight excluding hydrogens is 385 g/mol. The van der Waals surface area contributed by atoms with Gasteiger partial charge in [0, 0.05) is 6.42 Å². The maximum atomic E-state index is 12.7. The fourth-order valence-electron chi connectivity index (χ4n) is 2.42. The van der Waals surface area contributed by atoms with Gasteiger partial charge in [-0.05, 0) is 42.3 Å². The molecule has 2 aromatic rings. The number of hydrogen-bond acceptors (Lipinski definition) is 5. The molecule has 2 aromatic carbocycles. The Bertz CT molecular complexity index is 863. The zero-order valence-electron chi connectivity index (χ0n) is 15.7. The van der Waals surface area contributed by atoms with E-state index < -0.39 is 23.8 Å². The molecule has 0 radical (unpaired) electrons. The molecule has 0 saturated heterocycles. The van der Waals surface area contributed by atoms with Crippen molar-refractivity contribution in [2.24, 2.45) is 5.10 Å². The number of para-hydroxylation sites is 1. The Kier molecular flexibility index (Phi) is 7.55. The number of nitrogens with zero attached hydrogens (tertiary/aromatic N) is 1. The van der Waals surface area contributed by atoms with Crippen molar-refractivity contribution in [2.75, 3.05) is 12.0 Å². The summed E-state index contributed by atoms with van der Waals surface area (Å²) in [6, 6.07) is 13.0. The summed E-state index contributed by atoms with van der Waals surface area (Å²) in [6.07, 6.45) is -5.86. The number of aliphatic hydroxyl groups excluding tert-OH is 1. The molecule has 0 fully saturated rings. The van der Waals surface area contributed by atoms with Gasteiger partial charge < -0.3 is 9.84 Å². The molecule has 154 valence electrons. The zero-order valence-corrected chi connectivity index (χ0v) is 15.7. The van der Waals surface area contributed by atoms with Gasteiger partial charge in [-0.1, -0.05) is 36.9 Å². The van der Waals surface area contributed by atoms with Crippen LogP contribution in [0.4, 0.5) is 18.9 Å². The predicted octanol–water partition coefficient (Wildman–Crippen LogP) is 4.72. The monoisotopic (exact) mass is 406 g/mol. The molecule has 0 bridgehead atoms. The number of carbonyl (C=O) groups excluding carboxylic acids is 1. The molecule has 0 spiro atoms. The molecule has 2 rings (SSSR count). The normalized spacial score (nSPS) is 12.9. The molecule has 0 saturated carbocycles. The van der Waals surface area contributed by atoms with Crippen LogP contribution in [0, 0.1) is 0 Å². The van der Waals surface area contributed by atoms with Crippen LogP contribution in [-0.2, 0) is 15.7 Å². The van der Waals surface area contributed by atoms with Gasteiger partial charge in [-0.15, -0.1) is 0 Å². The lowest BCUT2D eigenvalue weighted by molar-refractivity contribution is -0.137. The number of rotatable bonds is 8. The highest BCUT2D eigenvalue weighted by Crippen LogP contribution is 2.31. The minimum Gasteiger partial charge on any atom is -0.461 e. The standard InChI is InChI=1S/C21H21F3N2O3/c1-3-29-20(28)18(26-25-17-7-5-4-6-8-17)13-14(2)19(27)15-9-11-16(12-10-15)21(22,23)24/h4-12,19,25,27H,2-3,13H2,1H3/b26-18+. The van der Waals surface area contributed by atoms with E-state index in [-0.39, 0.29) is 29.9 Å². The van der Waals surface area contributed by atoms with Gasteiger partial charge >= 0.3 is 12.1 Å².